The Bertz CT molecular complexity index is 1510. The Morgan fingerprint density at radius 3 is 2.24 bits per heavy atom. The maximum Gasteiger partial charge on any atom is 0.419 e. The van der Waals surface area contributed by atoms with Crippen LogP contribution in [-0.4, -0.2) is 45.8 Å². The molecular formula is C27H26FN3O5S. The third-order valence-corrected chi connectivity index (χ3v) is 7.84. The molecule has 0 aliphatic carbocycles. The summed E-state index contributed by atoms with van der Waals surface area (Å²) in [6.45, 7) is 3.94. The Kier molecular flexibility index (Phi) is 6.15. The van der Waals surface area contributed by atoms with Crippen LogP contribution in [0.5, 0.6) is 5.75 Å². The van der Waals surface area contributed by atoms with E-state index in [0.717, 1.165) is 16.7 Å². The zero-order valence-electron chi connectivity index (χ0n) is 20.6. The van der Waals surface area contributed by atoms with Gasteiger partial charge in [-0.3, -0.25) is 14.0 Å². The van der Waals surface area contributed by atoms with Gasteiger partial charge in [-0.25, -0.2) is 17.6 Å². The summed E-state index contributed by atoms with van der Waals surface area (Å²) in [5.74, 6) is -0.376. The fraction of sp³-hybridized carbons (Fsp3) is 0.259. The highest BCUT2D eigenvalue weighted by Gasteiger charge is 2.35. The molecule has 2 aliphatic rings. The minimum atomic E-state index is -3.35. The number of fused-ring (bicyclic) bond motifs is 2. The molecule has 0 unspecified atom stereocenters. The van der Waals surface area contributed by atoms with Gasteiger partial charge in [0.2, 0.25) is 15.9 Å². The minimum Gasteiger partial charge on any atom is -0.410 e. The van der Waals surface area contributed by atoms with E-state index in [-0.39, 0.29) is 24.2 Å². The predicted octanol–water partition coefficient (Wildman–Crippen LogP) is 4.58. The van der Waals surface area contributed by atoms with Crippen molar-refractivity contribution in [3.8, 4) is 16.9 Å². The monoisotopic (exact) mass is 523 g/mol. The molecule has 3 aromatic rings. The van der Waals surface area contributed by atoms with Gasteiger partial charge in [0.25, 0.3) is 0 Å². The molecule has 3 aromatic carbocycles. The van der Waals surface area contributed by atoms with Gasteiger partial charge < -0.3 is 9.64 Å². The van der Waals surface area contributed by atoms with Crippen LogP contribution in [0.3, 0.4) is 0 Å². The Balaban J connectivity index is 1.53. The molecule has 0 spiro atoms. The van der Waals surface area contributed by atoms with Crippen molar-refractivity contribution in [1.29, 1.82) is 0 Å². The lowest BCUT2D eigenvalue weighted by Gasteiger charge is -2.40. The molecule has 0 saturated carbocycles. The fourth-order valence-corrected chi connectivity index (χ4v) is 5.97. The first-order chi connectivity index (χ1) is 17.5. The first-order valence-electron chi connectivity index (χ1n) is 11.8. The molecule has 2 amide bonds. The van der Waals surface area contributed by atoms with E-state index >= 15 is 0 Å². The van der Waals surface area contributed by atoms with E-state index in [1.54, 1.807) is 17.0 Å². The van der Waals surface area contributed by atoms with Crippen LogP contribution in [-0.2, 0) is 21.2 Å². The lowest BCUT2D eigenvalue weighted by Crippen LogP contribution is -2.52. The third kappa shape index (κ3) is 4.64. The molecule has 0 fully saturated rings. The molecule has 1 atom stereocenters. The Morgan fingerprint density at radius 1 is 0.946 bits per heavy atom. The number of hydrogen-bond acceptors (Lipinski definition) is 5. The van der Waals surface area contributed by atoms with E-state index in [1.807, 2.05) is 31.2 Å². The van der Waals surface area contributed by atoms with Gasteiger partial charge >= 0.3 is 6.09 Å². The van der Waals surface area contributed by atoms with Crippen LogP contribution in [0.2, 0.25) is 0 Å². The van der Waals surface area contributed by atoms with E-state index in [0.29, 0.717) is 30.0 Å². The second kappa shape index (κ2) is 9.19. The van der Waals surface area contributed by atoms with E-state index < -0.39 is 21.9 Å². The molecule has 0 radical (unpaired) electrons. The third-order valence-electron chi connectivity index (χ3n) is 6.66. The maximum atomic E-state index is 13.3. The first kappa shape index (κ1) is 24.8. The second-order valence-electron chi connectivity index (χ2n) is 9.30. The molecule has 0 saturated heterocycles. The Labute approximate surface area is 214 Å². The van der Waals surface area contributed by atoms with Gasteiger partial charge in [0.15, 0.2) is 0 Å². The number of amides is 2. The lowest BCUT2D eigenvalue weighted by molar-refractivity contribution is -0.117. The summed E-state index contributed by atoms with van der Waals surface area (Å²) in [5, 5.41) is 0. The van der Waals surface area contributed by atoms with Crippen LogP contribution in [0.1, 0.15) is 19.4 Å². The zero-order chi connectivity index (χ0) is 26.5. The summed E-state index contributed by atoms with van der Waals surface area (Å²) < 4.78 is 44.4. The summed E-state index contributed by atoms with van der Waals surface area (Å²) >= 11 is 0. The van der Waals surface area contributed by atoms with Crippen LogP contribution in [0.15, 0.2) is 60.7 Å². The molecule has 37 heavy (non-hydrogen) atoms. The number of nitrogens with zero attached hydrogens (tertiary/aromatic N) is 3. The van der Waals surface area contributed by atoms with Crippen LogP contribution in [0, 0.1) is 5.82 Å². The summed E-state index contributed by atoms with van der Waals surface area (Å²) in [6.07, 6.45) is 1.16. The van der Waals surface area contributed by atoms with Gasteiger partial charge in [0, 0.05) is 20.0 Å². The standard InChI is InChI=1S/C27H26FN3O5S/c1-17-16-29(27(33)36-23-8-6-22(28)7-9-23)26-15-20(5-11-25(26)31(17)18(2)32)19-4-10-24-21(14-19)12-13-30(24)37(3,34)35/h4-11,14-15,17H,12-13,16H2,1-3H3/t17-/m0/s1. The SMILES string of the molecule is CC(=O)N1c2ccc(-c3ccc4c(c3)CCN4S(C)(=O)=O)cc2N(C(=O)Oc2ccc(F)cc2)C[C@@H]1C. The highest BCUT2D eigenvalue weighted by molar-refractivity contribution is 7.92. The quantitative estimate of drug-likeness (QED) is 0.502. The van der Waals surface area contributed by atoms with Crippen molar-refractivity contribution in [3.05, 3.63) is 72.0 Å². The average molecular weight is 524 g/mol. The number of rotatable bonds is 3. The Hall–Kier alpha value is -3.92. The average Bonchev–Trinajstić information content (AvgIpc) is 3.28. The van der Waals surface area contributed by atoms with Crippen LogP contribution < -0.4 is 18.8 Å². The largest absolute Gasteiger partial charge is 0.419 e. The zero-order valence-corrected chi connectivity index (χ0v) is 21.5. The van der Waals surface area contributed by atoms with Crippen molar-refractivity contribution in [2.24, 2.45) is 0 Å². The van der Waals surface area contributed by atoms with Crippen molar-refractivity contribution >= 4 is 39.1 Å². The smallest absolute Gasteiger partial charge is 0.410 e. The number of hydrogen-bond donors (Lipinski definition) is 0. The number of benzene rings is 3. The lowest BCUT2D eigenvalue weighted by atomic mass is 9.98. The minimum absolute atomic E-state index is 0.147. The molecule has 8 nitrogen and oxygen atoms in total. The van der Waals surface area contributed by atoms with Crippen molar-refractivity contribution in [3.63, 3.8) is 0 Å². The number of carbonyl (C=O) groups excluding carboxylic acids is 2. The van der Waals surface area contributed by atoms with Gasteiger partial charge in [0.1, 0.15) is 11.6 Å². The first-order valence-corrected chi connectivity index (χ1v) is 13.7. The Morgan fingerprint density at radius 2 is 1.59 bits per heavy atom. The molecule has 192 valence electrons. The second-order valence-corrected chi connectivity index (χ2v) is 11.2. The van der Waals surface area contributed by atoms with Gasteiger partial charge in [-0.2, -0.15) is 0 Å². The van der Waals surface area contributed by atoms with Crippen molar-refractivity contribution in [2.45, 2.75) is 26.3 Å². The van der Waals surface area contributed by atoms with Crippen LogP contribution in [0.25, 0.3) is 11.1 Å². The van der Waals surface area contributed by atoms with E-state index in [4.69, 9.17) is 4.74 Å². The van der Waals surface area contributed by atoms with Crippen molar-refractivity contribution < 1.29 is 27.1 Å². The molecule has 0 N–H and O–H groups in total. The van der Waals surface area contributed by atoms with Crippen LogP contribution >= 0.6 is 0 Å². The number of sulfonamides is 1. The van der Waals surface area contributed by atoms with E-state index in [1.165, 1.54) is 46.7 Å². The normalized spacial score (nSPS) is 16.9. The van der Waals surface area contributed by atoms with Gasteiger partial charge in [-0.1, -0.05) is 12.1 Å². The molecule has 2 heterocycles. The molecular weight excluding hydrogens is 497 g/mol. The summed E-state index contributed by atoms with van der Waals surface area (Å²) in [4.78, 5) is 28.8. The maximum absolute atomic E-state index is 13.3. The molecule has 5 rings (SSSR count). The predicted molar refractivity (Wildman–Crippen MR) is 140 cm³/mol. The number of ether oxygens (including phenoxy) is 1. The molecule has 10 heteroatoms. The van der Waals surface area contributed by atoms with Crippen molar-refractivity contribution in [1.82, 2.24) is 0 Å². The summed E-state index contributed by atoms with van der Waals surface area (Å²) in [6, 6.07) is 16.0. The van der Waals surface area contributed by atoms with E-state index in [2.05, 4.69) is 0 Å². The van der Waals surface area contributed by atoms with Gasteiger partial charge in [-0.15, -0.1) is 0 Å². The van der Waals surface area contributed by atoms with Crippen molar-refractivity contribution in [2.75, 3.05) is 33.5 Å². The molecule has 2 aliphatic heterocycles. The van der Waals surface area contributed by atoms with Gasteiger partial charge in [0.05, 0.1) is 29.4 Å². The number of anilines is 3. The summed E-state index contributed by atoms with van der Waals surface area (Å²) in [5.41, 5.74) is 4.35. The number of halogens is 1. The fourth-order valence-electron chi connectivity index (χ4n) is 5.01. The highest BCUT2D eigenvalue weighted by atomic mass is 32.2. The van der Waals surface area contributed by atoms with Crippen LogP contribution in [0.4, 0.5) is 26.2 Å². The topological polar surface area (TPSA) is 87.2 Å². The highest BCUT2D eigenvalue weighted by Crippen LogP contribution is 2.41. The number of carbonyl (C=O) groups is 2. The molecule has 0 aromatic heterocycles. The summed E-state index contributed by atoms with van der Waals surface area (Å²) in [7, 11) is -3.35. The molecule has 0 bridgehead atoms. The van der Waals surface area contributed by atoms with Gasteiger partial charge in [-0.05, 0) is 78.6 Å². The van der Waals surface area contributed by atoms with E-state index in [9.17, 15) is 22.4 Å².